The van der Waals surface area contributed by atoms with Crippen LogP contribution in [0.2, 0.25) is 0 Å². The van der Waals surface area contributed by atoms with Gasteiger partial charge in [-0.25, -0.2) is 9.89 Å². The normalized spacial score (nSPS) is 10.2. The van der Waals surface area contributed by atoms with Crippen LogP contribution < -0.4 is 11.4 Å². The number of nitrogens with one attached hydrogen (secondary N) is 1. The zero-order chi connectivity index (χ0) is 13.7. The van der Waals surface area contributed by atoms with E-state index >= 15 is 0 Å². The van der Waals surface area contributed by atoms with Crippen molar-refractivity contribution in [2.75, 3.05) is 6.54 Å². The molecule has 0 amide bonds. The molecule has 0 atom stereocenters. The lowest BCUT2D eigenvalue weighted by molar-refractivity contribution is 0.660. The topological polar surface area (TPSA) is 76.7 Å². The van der Waals surface area contributed by atoms with Gasteiger partial charge >= 0.3 is 5.69 Å². The molecule has 0 radical (unpaired) electrons. The average Bonchev–Trinajstić information content (AvgIpc) is 3.00. The summed E-state index contributed by atoms with van der Waals surface area (Å²) >= 11 is 3.18. The van der Waals surface area contributed by atoms with Crippen molar-refractivity contribution in [1.29, 1.82) is 0 Å². The highest BCUT2D eigenvalue weighted by atomic mass is 32.2. The van der Waals surface area contributed by atoms with E-state index in [0.29, 0.717) is 13.1 Å². The first-order valence-corrected chi connectivity index (χ1v) is 7.60. The first-order chi connectivity index (χ1) is 9.24. The van der Waals surface area contributed by atoms with Gasteiger partial charge in [0.05, 0.1) is 11.4 Å². The van der Waals surface area contributed by atoms with E-state index in [1.165, 1.54) is 4.88 Å². The van der Waals surface area contributed by atoms with Gasteiger partial charge in [-0.05, 0) is 19.1 Å². The van der Waals surface area contributed by atoms with E-state index in [9.17, 15) is 4.79 Å². The summed E-state index contributed by atoms with van der Waals surface area (Å²) in [6.07, 6.45) is 0. The second-order valence-electron chi connectivity index (χ2n) is 3.62. The van der Waals surface area contributed by atoms with E-state index in [-0.39, 0.29) is 5.69 Å². The molecule has 3 N–H and O–H groups in total. The van der Waals surface area contributed by atoms with Gasteiger partial charge in [0.1, 0.15) is 0 Å². The highest BCUT2D eigenvalue weighted by Crippen LogP contribution is 2.24. The molecule has 0 aliphatic carbocycles. The summed E-state index contributed by atoms with van der Waals surface area (Å²) in [6, 6.07) is 4.03. The fourth-order valence-electron chi connectivity index (χ4n) is 1.49. The zero-order valence-electron chi connectivity index (χ0n) is 10.5. The first kappa shape index (κ1) is 13.9. The zero-order valence-corrected chi connectivity index (χ0v) is 12.1. The maximum atomic E-state index is 11.4. The molecule has 2 aromatic rings. The Morgan fingerprint density at radius 2 is 2.42 bits per heavy atom. The molecule has 0 fully saturated rings. The number of aromatic nitrogens is 3. The van der Waals surface area contributed by atoms with Crippen molar-refractivity contribution in [3.05, 3.63) is 32.4 Å². The molecular formula is C12H14N4OS2. The predicted molar refractivity (Wildman–Crippen MR) is 78.3 cm³/mol. The molecule has 0 saturated carbocycles. The number of H-pyrrole nitrogens is 1. The summed E-state index contributed by atoms with van der Waals surface area (Å²) < 4.78 is 1.62. The summed E-state index contributed by atoms with van der Waals surface area (Å²) in [5.41, 5.74) is 5.17. The Balaban J connectivity index is 2.02. The number of nitrogens with two attached hydrogens (primary N) is 1. The molecule has 7 heteroatoms. The van der Waals surface area contributed by atoms with Crippen LogP contribution in [0.1, 0.15) is 16.7 Å². The lowest BCUT2D eigenvalue weighted by Gasteiger charge is -2.00. The van der Waals surface area contributed by atoms with E-state index in [2.05, 4.69) is 22.0 Å². The Kier molecular flexibility index (Phi) is 4.85. The number of nitrogens with zero attached hydrogens (tertiary/aromatic N) is 2. The van der Waals surface area contributed by atoms with Crippen LogP contribution in [0.4, 0.5) is 0 Å². The Bertz CT molecular complexity index is 659. The summed E-state index contributed by atoms with van der Waals surface area (Å²) in [5.74, 6) is 6.62. The van der Waals surface area contributed by atoms with Crippen LogP contribution in [0.25, 0.3) is 0 Å². The van der Waals surface area contributed by atoms with Crippen LogP contribution in [0, 0.1) is 11.8 Å². The van der Waals surface area contributed by atoms with Crippen LogP contribution in [0.5, 0.6) is 0 Å². The second-order valence-corrected chi connectivity index (χ2v) is 5.73. The second kappa shape index (κ2) is 6.61. The van der Waals surface area contributed by atoms with E-state index in [4.69, 9.17) is 5.73 Å². The summed E-state index contributed by atoms with van der Waals surface area (Å²) in [5, 5.41) is 7.19. The Morgan fingerprint density at radius 3 is 3.16 bits per heavy atom. The molecule has 5 nitrogen and oxygen atoms in total. The van der Waals surface area contributed by atoms with Crippen LogP contribution in [-0.2, 0) is 12.3 Å². The van der Waals surface area contributed by atoms with Gasteiger partial charge in [-0.15, -0.1) is 16.4 Å². The quantitative estimate of drug-likeness (QED) is 0.657. The molecule has 0 spiro atoms. The molecule has 0 aromatic carbocycles. The molecule has 19 heavy (non-hydrogen) atoms. The maximum Gasteiger partial charge on any atom is 0.343 e. The van der Waals surface area contributed by atoms with Crippen LogP contribution >= 0.6 is 23.1 Å². The molecular weight excluding hydrogens is 280 g/mol. The molecule has 100 valence electrons. The highest BCUT2D eigenvalue weighted by Gasteiger charge is 2.08. The van der Waals surface area contributed by atoms with Crippen molar-refractivity contribution in [2.24, 2.45) is 5.73 Å². The van der Waals surface area contributed by atoms with Crippen molar-refractivity contribution in [1.82, 2.24) is 14.8 Å². The molecule has 2 heterocycles. The van der Waals surface area contributed by atoms with Crippen molar-refractivity contribution in [2.45, 2.75) is 24.4 Å². The van der Waals surface area contributed by atoms with E-state index in [1.807, 2.05) is 19.1 Å². The van der Waals surface area contributed by atoms with Gasteiger partial charge in [-0.2, -0.15) is 0 Å². The van der Waals surface area contributed by atoms with E-state index in [1.54, 1.807) is 27.7 Å². The van der Waals surface area contributed by atoms with Crippen LogP contribution in [0.15, 0.2) is 22.1 Å². The number of thioether (sulfide) groups is 1. The van der Waals surface area contributed by atoms with Gasteiger partial charge in [-0.3, -0.25) is 4.57 Å². The third-order valence-electron chi connectivity index (χ3n) is 2.36. The molecule has 2 aromatic heterocycles. The number of hydrogen-bond acceptors (Lipinski definition) is 5. The fraction of sp³-hybridized carbons (Fsp3) is 0.333. The summed E-state index contributed by atoms with van der Waals surface area (Å²) in [6.45, 7) is 2.92. The standard InChI is InChI=1S/C12H14N4OS2/c1-2-16-11(17)14-15-12(16)18-8-10-6-5-9(19-10)4-3-7-13/h5-6H,2,7-8,13H2,1H3,(H,14,17). The average molecular weight is 294 g/mol. The number of thiophene rings is 1. The van der Waals surface area contributed by atoms with Crippen molar-refractivity contribution < 1.29 is 0 Å². The number of rotatable bonds is 4. The van der Waals surface area contributed by atoms with Gasteiger partial charge in [0.25, 0.3) is 0 Å². The van der Waals surface area contributed by atoms with Crippen LogP contribution in [0.3, 0.4) is 0 Å². The van der Waals surface area contributed by atoms with Gasteiger partial charge in [0.15, 0.2) is 5.16 Å². The minimum Gasteiger partial charge on any atom is -0.320 e. The van der Waals surface area contributed by atoms with E-state index in [0.717, 1.165) is 15.8 Å². The lowest BCUT2D eigenvalue weighted by atomic mass is 10.4. The Labute approximate surface area is 119 Å². The molecule has 0 aliphatic rings. The monoisotopic (exact) mass is 294 g/mol. The van der Waals surface area contributed by atoms with E-state index < -0.39 is 0 Å². The van der Waals surface area contributed by atoms with Gasteiger partial charge in [-0.1, -0.05) is 23.6 Å². The SMILES string of the molecule is CCn1c(SCc2ccc(C#CCN)s2)n[nH]c1=O. The largest absolute Gasteiger partial charge is 0.343 e. The van der Waals surface area contributed by atoms with Crippen LogP contribution in [-0.4, -0.2) is 21.3 Å². The van der Waals surface area contributed by atoms with Gasteiger partial charge in [0.2, 0.25) is 0 Å². The predicted octanol–water partition coefficient (Wildman–Crippen LogP) is 1.26. The molecule has 0 bridgehead atoms. The first-order valence-electron chi connectivity index (χ1n) is 5.80. The minimum absolute atomic E-state index is 0.161. The Morgan fingerprint density at radius 1 is 1.58 bits per heavy atom. The van der Waals surface area contributed by atoms with Crippen molar-refractivity contribution in [3.63, 3.8) is 0 Å². The summed E-state index contributed by atoms with van der Waals surface area (Å²) in [7, 11) is 0. The third kappa shape index (κ3) is 3.50. The molecule has 0 saturated heterocycles. The number of hydrogen-bond donors (Lipinski definition) is 2. The fourth-order valence-corrected chi connectivity index (χ4v) is 3.42. The molecule has 0 unspecified atom stereocenters. The van der Waals surface area contributed by atoms with Gasteiger partial charge in [0, 0.05) is 17.2 Å². The number of aromatic amines is 1. The van der Waals surface area contributed by atoms with Crippen molar-refractivity contribution in [3.8, 4) is 11.8 Å². The highest BCUT2D eigenvalue weighted by molar-refractivity contribution is 7.98. The lowest BCUT2D eigenvalue weighted by Crippen LogP contribution is -2.16. The Hall–Kier alpha value is -1.49. The molecule has 0 aliphatic heterocycles. The maximum absolute atomic E-state index is 11.4. The molecule has 2 rings (SSSR count). The summed E-state index contributed by atoms with van der Waals surface area (Å²) in [4.78, 5) is 13.6. The third-order valence-corrected chi connectivity index (χ3v) is 4.57. The smallest absolute Gasteiger partial charge is 0.320 e. The van der Waals surface area contributed by atoms with Gasteiger partial charge < -0.3 is 5.73 Å². The minimum atomic E-state index is -0.161. The van der Waals surface area contributed by atoms with Crippen molar-refractivity contribution >= 4 is 23.1 Å².